The van der Waals surface area contributed by atoms with E-state index in [-0.39, 0.29) is 5.91 Å². The number of piperazine rings is 1. The van der Waals surface area contributed by atoms with Gasteiger partial charge in [0.15, 0.2) is 0 Å². The Hall–Kier alpha value is -2.97. The Bertz CT molecular complexity index is 1080. The number of nitrogens with zero attached hydrogens (tertiary/aromatic N) is 5. The molecule has 0 radical (unpaired) electrons. The summed E-state index contributed by atoms with van der Waals surface area (Å²) in [5.41, 5.74) is 6.51. The molecule has 3 heterocycles. The van der Waals surface area contributed by atoms with Crippen molar-refractivity contribution in [3.63, 3.8) is 0 Å². The zero-order valence-electron chi connectivity index (χ0n) is 19.5. The van der Waals surface area contributed by atoms with Crippen LogP contribution in [0.5, 0.6) is 0 Å². The second kappa shape index (κ2) is 9.67. The zero-order chi connectivity index (χ0) is 22.7. The molecule has 1 aromatic carbocycles. The van der Waals surface area contributed by atoms with Crippen LogP contribution < -0.4 is 5.32 Å². The molecule has 0 unspecified atom stereocenters. The van der Waals surface area contributed by atoms with Gasteiger partial charge in [0.1, 0.15) is 5.69 Å². The van der Waals surface area contributed by atoms with Gasteiger partial charge in [-0.2, -0.15) is 10.2 Å². The highest BCUT2D eigenvalue weighted by Crippen LogP contribution is 2.25. The van der Waals surface area contributed by atoms with Crippen LogP contribution in [0.1, 0.15) is 39.9 Å². The van der Waals surface area contributed by atoms with Crippen LogP contribution in [-0.2, 0) is 20.1 Å². The summed E-state index contributed by atoms with van der Waals surface area (Å²) in [5, 5.41) is 14.7. The van der Waals surface area contributed by atoms with Crippen molar-refractivity contribution in [1.82, 2.24) is 35.1 Å². The molecule has 0 aliphatic carbocycles. The molecule has 0 saturated carbocycles. The normalized spacial score (nSPS) is 15.2. The fourth-order valence-corrected chi connectivity index (χ4v) is 4.37. The van der Waals surface area contributed by atoms with E-state index < -0.39 is 0 Å². The van der Waals surface area contributed by atoms with Crippen molar-refractivity contribution < 1.29 is 4.79 Å². The van der Waals surface area contributed by atoms with Gasteiger partial charge in [-0.3, -0.25) is 19.5 Å². The third-order valence-corrected chi connectivity index (χ3v) is 6.45. The topological polar surface area (TPSA) is 82.1 Å². The van der Waals surface area contributed by atoms with Crippen molar-refractivity contribution >= 4 is 5.91 Å². The molecule has 8 nitrogen and oxygen atoms in total. The highest BCUT2D eigenvalue weighted by molar-refractivity contribution is 5.93. The van der Waals surface area contributed by atoms with Gasteiger partial charge in [0.2, 0.25) is 0 Å². The summed E-state index contributed by atoms with van der Waals surface area (Å²) in [5.74, 6) is -0.158. The number of H-pyrrole nitrogens is 1. The molecule has 8 heteroatoms. The predicted octanol–water partition coefficient (Wildman–Crippen LogP) is 2.49. The lowest BCUT2D eigenvalue weighted by Crippen LogP contribution is -2.45. The van der Waals surface area contributed by atoms with Crippen LogP contribution >= 0.6 is 0 Å². The number of aryl methyl sites for hydroxylation is 2. The fraction of sp³-hybridized carbons (Fsp3) is 0.458. The third kappa shape index (κ3) is 4.76. The van der Waals surface area contributed by atoms with Gasteiger partial charge < -0.3 is 10.2 Å². The van der Waals surface area contributed by atoms with E-state index in [2.05, 4.69) is 55.5 Å². The number of carbonyl (C=O) groups excluding carboxylic acids is 1. The predicted molar refractivity (Wildman–Crippen MR) is 125 cm³/mol. The number of benzene rings is 1. The Morgan fingerprint density at radius 2 is 1.78 bits per heavy atom. The minimum Gasteiger partial charge on any atom is -0.347 e. The van der Waals surface area contributed by atoms with E-state index in [4.69, 9.17) is 0 Å². The average molecular weight is 436 g/mol. The number of carbonyl (C=O) groups is 1. The summed E-state index contributed by atoms with van der Waals surface area (Å²) in [7, 11) is 1.91. The average Bonchev–Trinajstić information content (AvgIpc) is 3.37. The Kier molecular flexibility index (Phi) is 6.72. The summed E-state index contributed by atoms with van der Waals surface area (Å²) < 4.78 is 1.83. The number of likely N-dealkylation sites (N-methyl/N-ethyl adjacent to an activating group) is 1. The summed E-state index contributed by atoms with van der Waals surface area (Å²) >= 11 is 0. The second-order valence-corrected chi connectivity index (χ2v) is 8.50. The first-order valence-corrected chi connectivity index (χ1v) is 11.3. The van der Waals surface area contributed by atoms with Gasteiger partial charge >= 0.3 is 0 Å². The summed E-state index contributed by atoms with van der Waals surface area (Å²) in [6.45, 7) is 13.1. The SMILES string of the molecule is CCN1CCN(Cc2ccccc2CNC(=O)c2cc(-c3c(C)nn(C)c3C)n[nH]2)CC1. The van der Waals surface area contributed by atoms with Crippen molar-refractivity contribution in [3.05, 3.63) is 58.5 Å². The Morgan fingerprint density at radius 3 is 2.44 bits per heavy atom. The molecule has 32 heavy (non-hydrogen) atoms. The fourth-order valence-electron chi connectivity index (χ4n) is 4.37. The molecule has 3 aromatic rings. The van der Waals surface area contributed by atoms with Crippen molar-refractivity contribution in [1.29, 1.82) is 0 Å². The van der Waals surface area contributed by atoms with Crippen LogP contribution in [-0.4, -0.2) is 68.4 Å². The van der Waals surface area contributed by atoms with E-state index in [1.165, 1.54) is 5.56 Å². The first-order chi connectivity index (χ1) is 15.5. The molecule has 2 N–H and O–H groups in total. The standard InChI is InChI=1S/C24H33N7O/c1-5-30-10-12-31(13-11-30)16-20-9-7-6-8-19(20)15-25-24(32)22-14-21(26-27-22)23-17(2)28-29(4)18(23)3/h6-9,14H,5,10-13,15-16H2,1-4H3,(H,25,32)(H,26,27). The molecule has 4 rings (SSSR count). The van der Waals surface area contributed by atoms with Gasteiger partial charge in [-0.1, -0.05) is 31.2 Å². The molecule has 1 amide bonds. The molecule has 1 aliphatic rings. The van der Waals surface area contributed by atoms with E-state index >= 15 is 0 Å². The maximum Gasteiger partial charge on any atom is 0.269 e. The first-order valence-electron chi connectivity index (χ1n) is 11.3. The number of aromatic nitrogens is 4. The quantitative estimate of drug-likeness (QED) is 0.596. The van der Waals surface area contributed by atoms with Crippen LogP contribution in [0.4, 0.5) is 0 Å². The monoisotopic (exact) mass is 435 g/mol. The van der Waals surface area contributed by atoms with Gasteiger partial charge in [-0.05, 0) is 37.6 Å². The number of hydrogen-bond acceptors (Lipinski definition) is 5. The van der Waals surface area contributed by atoms with Crippen molar-refractivity contribution in [2.45, 2.75) is 33.9 Å². The molecular formula is C24H33N7O. The van der Waals surface area contributed by atoms with E-state index in [1.54, 1.807) is 6.07 Å². The lowest BCUT2D eigenvalue weighted by molar-refractivity contribution is 0.0945. The van der Waals surface area contributed by atoms with Crippen molar-refractivity contribution in [2.75, 3.05) is 32.7 Å². The summed E-state index contributed by atoms with van der Waals surface area (Å²) in [6.07, 6.45) is 0. The van der Waals surface area contributed by atoms with Crippen LogP contribution in [0.2, 0.25) is 0 Å². The number of aromatic amines is 1. The summed E-state index contributed by atoms with van der Waals surface area (Å²) in [6, 6.07) is 10.2. The maximum absolute atomic E-state index is 12.8. The molecule has 0 bridgehead atoms. The van der Waals surface area contributed by atoms with Crippen LogP contribution in [0.25, 0.3) is 11.3 Å². The highest BCUT2D eigenvalue weighted by Gasteiger charge is 2.19. The van der Waals surface area contributed by atoms with Gasteiger partial charge in [-0.25, -0.2) is 0 Å². The Balaban J connectivity index is 1.39. The van der Waals surface area contributed by atoms with Gasteiger partial charge in [0, 0.05) is 57.6 Å². The zero-order valence-corrected chi connectivity index (χ0v) is 19.5. The minimum absolute atomic E-state index is 0.158. The minimum atomic E-state index is -0.158. The molecule has 1 saturated heterocycles. The lowest BCUT2D eigenvalue weighted by Gasteiger charge is -2.34. The molecule has 170 valence electrons. The van der Waals surface area contributed by atoms with Gasteiger partial charge in [0.25, 0.3) is 5.91 Å². The molecule has 0 atom stereocenters. The number of amides is 1. The van der Waals surface area contributed by atoms with E-state index in [1.807, 2.05) is 31.6 Å². The van der Waals surface area contributed by atoms with Crippen LogP contribution in [0, 0.1) is 13.8 Å². The van der Waals surface area contributed by atoms with Crippen LogP contribution in [0.15, 0.2) is 30.3 Å². The van der Waals surface area contributed by atoms with E-state index in [9.17, 15) is 4.79 Å². The van der Waals surface area contributed by atoms with Gasteiger partial charge in [0.05, 0.1) is 11.4 Å². The Morgan fingerprint density at radius 1 is 1.09 bits per heavy atom. The van der Waals surface area contributed by atoms with E-state index in [0.29, 0.717) is 12.2 Å². The molecule has 2 aromatic heterocycles. The number of hydrogen-bond donors (Lipinski definition) is 2. The molecular weight excluding hydrogens is 402 g/mol. The largest absolute Gasteiger partial charge is 0.347 e. The smallest absolute Gasteiger partial charge is 0.269 e. The summed E-state index contributed by atoms with van der Waals surface area (Å²) in [4.78, 5) is 17.8. The number of rotatable bonds is 7. The van der Waals surface area contributed by atoms with E-state index in [0.717, 1.165) is 67.5 Å². The van der Waals surface area contributed by atoms with Crippen molar-refractivity contribution in [2.24, 2.45) is 7.05 Å². The van der Waals surface area contributed by atoms with Gasteiger partial charge in [-0.15, -0.1) is 0 Å². The second-order valence-electron chi connectivity index (χ2n) is 8.50. The molecule has 1 aliphatic heterocycles. The lowest BCUT2D eigenvalue weighted by atomic mass is 10.1. The molecule has 0 spiro atoms. The number of nitrogens with one attached hydrogen (secondary N) is 2. The third-order valence-electron chi connectivity index (χ3n) is 6.45. The first kappa shape index (κ1) is 22.2. The Labute approximate surface area is 189 Å². The molecule has 1 fully saturated rings. The van der Waals surface area contributed by atoms with Crippen LogP contribution in [0.3, 0.4) is 0 Å². The van der Waals surface area contributed by atoms with Crippen molar-refractivity contribution in [3.8, 4) is 11.3 Å². The maximum atomic E-state index is 12.8. The highest BCUT2D eigenvalue weighted by atomic mass is 16.1.